The Hall–Kier alpha value is -1.23. The average Bonchev–Trinajstić information content (AvgIpc) is 3.72. The molecule has 1 saturated heterocycles. The van der Waals surface area contributed by atoms with Crippen molar-refractivity contribution < 1.29 is 33.0 Å². The van der Waals surface area contributed by atoms with Gasteiger partial charge in [0.1, 0.15) is 6.10 Å². The highest BCUT2D eigenvalue weighted by atomic mass is 32.2. The molecule has 1 aliphatic heterocycles. The number of rotatable bonds is 9. The maximum Gasteiger partial charge on any atom is 0.309 e. The number of fused-ring (bicyclic) bond motifs is 7. The summed E-state index contributed by atoms with van der Waals surface area (Å²) in [5.74, 6) is 1.59. The molecule has 0 radical (unpaired) electrons. The van der Waals surface area contributed by atoms with Crippen molar-refractivity contribution in [1.29, 1.82) is 0 Å². The summed E-state index contributed by atoms with van der Waals surface area (Å²) in [7, 11) is -2.98. The number of carboxylic acids is 1. The number of hydrogen-bond donors (Lipinski definition) is 3. The fourth-order valence-electron chi connectivity index (χ4n) is 16.1. The monoisotopic (exact) mass is 787 g/mol. The second kappa shape index (κ2) is 13.1. The van der Waals surface area contributed by atoms with Crippen LogP contribution in [-0.2, 0) is 24.2 Å². The molecule has 7 aliphatic carbocycles. The van der Waals surface area contributed by atoms with Gasteiger partial charge >= 0.3 is 11.9 Å². The molecule has 0 amide bonds. The van der Waals surface area contributed by atoms with Crippen LogP contribution in [0.3, 0.4) is 0 Å². The van der Waals surface area contributed by atoms with Crippen molar-refractivity contribution in [2.45, 2.75) is 157 Å². The van der Waals surface area contributed by atoms with Gasteiger partial charge in [0, 0.05) is 36.6 Å². The molecule has 13 atom stereocenters. The fourth-order valence-corrected chi connectivity index (χ4v) is 17.4. The van der Waals surface area contributed by atoms with E-state index in [1.165, 1.54) is 57.8 Å². The molecule has 312 valence electrons. The molecule has 0 spiro atoms. The van der Waals surface area contributed by atoms with E-state index in [4.69, 9.17) is 4.74 Å². The molecule has 8 aliphatic rings. The van der Waals surface area contributed by atoms with Gasteiger partial charge in [-0.3, -0.25) is 14.5 Å². The van der Waals surface area contributed by atoms with Crippen molar-refractivity contribution in [2.24, 2.45) is 73.9 Å². The van der Waals surface area contributed by atoms with Crippen LogP contribution >= 0.6 is 0 Å². The number of esters is 1. The first kappa shape index (κ1) is 40.5. The Balaban J connectivity index is 1.02. The van der Waals surface area contributed by atoms with Crippen LogP contribution in [0, 0.1) is 73.9 Å². The van der Waals surface area contributed by atoms with E-state index < -0.39 is 27.1 Å². The van der Waals surface area contributed by atoms with Gasteiger partial charge in [-0.2, -0.15) is 0 Å². The zero-order valence-corrected chi connectivity index (χ0v) is 36.2. The number of hydrogen-bond acceptors (Lipinski definition) is 8. The Morgan fingerprint density at radius 2 is 1.45 bits per heavy atom. The number of nitrogens with zero attached hydrogens (tertiary/aromatic N) is 1. The molecule has 1 unspecified atom stereocenters. The lowest BCUT2D eigenvalue weighted by atomic mass is 9.32. The summed E-state index contributed by atoms with van der Waals surface area (Å²) in [6.45, 7) is 20.9. The largest absolute Gasteiger partial charge is 0.481 e. The Labute approximate surface area is 332 Å². The van der Waals surface area contributed by atoms with Crippen LogP contribution in [0.5, 0.6) is 0 Å². The summed E-state index contributed by atoms with van der Waals surface area (Å²) in [4.78, 5) is 27.7. The molecule has 0 aromatic rings. The molecular formula is C45H74N2O7S. The van der Waals surface area contributed by atoms with Crippen molar-refractivity contribution in [1.82, 2.24) is 10.2 Å². The minimum absolute atomic E-state index is 0.0513. The minimum Gasteiger partial charge on any atom is -0.481 e. The SMILES string of the molecule is CC1([C@@H]2CC[C@]3(NCC(CO)N4CCS(=O)(=O)CC4)CC[C@]4(C)[C@H](CC[C@@H]5[C@@]6(C)CC[C@H](OC(=O)[C@H]7C[C@@H](C(=O)O)C7(C)C)C(C)(C)[C@@H]6CC[C@]54C)[C@@H]23)CC1. The first-order chi connectivity index (χ1) is 25.6. The van der Waals surface area contributed by atoms with Crippen LogP contribution in [-0.4, -0.2) is 90.9 Å². The first-order valence-electron chi connectivity index (χ1n) is 22.3. The van der Waals surface area contributed by atoms with Crippen molar-refractivity contribution in [3.05, 3.63) is 0 Å². The Morgan fingerprint density at radius 3 is 2.07 bits per heavy atom. The maximum absolute atomic E-state index is 13.6. The van der Waals surface area contributed by atoms with Crippen molar-refractivity contribution in [3.63, 3.8) is 0 Å². The lowest BCUT2D eigenvalue weighted by molar-refractivity contribution is -0.250. The maximum atomic E-state index is 13.6. The molecule has 1 heterocycles. The third-order valence-electron chi connectivity index (χ3n) is 20.2. The van der Waals surface area contributed by atoms with Crippen molar-refractivity contribution >= 4 is 21.8 Å². The summed E-state index contributed by atoms with van der Waals surface area (Å²) in [6, 6.07) is -0.0579. The predicted octanol–water partition coefficient (Wildman–Crippen LogP) is 6.96. The van der Waals surface area contributed by atoms with E-state index in [0.29, 0.717) is 48.6 Å². The van der Waals surface area contributed by atoms with Gasteiger partial charge in [0.2, 0.25) is 0 Å². The van der Waals surface area contributed by atoms with Gasteiger partial charge in [-0.05, 0) is 140 Å². The first-order valence-corrected chi connectivity index (χ1v) is 24.1. The summed E-state index contributed by atoms with van der Waals surface area (Å²) >= 11 is 0. The number of ether oxygens (including phenoxy) is 1. The Morgan fingerprint density at radius 1 is 0.764 bits per heavy atom. The molecular weight excluding hydrogens is 713 g/mol. The molecule has 7 saturated carbocycles. The smallest absolute Gasteiger partial charge is 0.309 e. The highest BCUT2D eigenvalue weighted by Crippen LogP contribution is 2.78. The zero-order valence-electron chi connectivity index (χ0n) is 35.4. The van der Waals surface area contributed by atoms with E-state index in [1.807, 2.05) is 13.8 Å². The Kier molecular flexibility index (Phi) is 9.68. The second-order valence-corrected chi connectivity index (χ2v) is 25.1. The number of sulfone groups is 1. The summed E-state index contributed by atoms with van der Waals surface area (Å²) in [6.07, 6.45) is 14.7. The van der Waals surface area contributed by atoms with Gasteiger partial charge in [0.05, 0.1) is 29.9 Å². The topological polar surface area (TPSA) is 133 Å². The normalized spacial score (nSPS) is 48.2. The van der Waals surface area contributed by atoms with Gasteiger partial charge in [0.15, 0.2) is 9.84 Å². The molecule has 8 fully saturated rings. The lowest BCUT2D eigenvalue weighted by Crippen LogP contribution is -2.69. The van der Waals surface area contributed by atoms with Crippen LogP contribution in [0.25, 0.3) is 0 Å². The van der Waals surface area contributed by atoms with E-state index >= 15 is 0 Å². The molecule has 0 aromatic heterocycles. The standard InChI is InChI=1S/C45H74N2O7S/c1-39(2)31(37(49)50)25-32(39)38(51)54-35-13-14-42(6)33(40(35,3)4)12-15-44(8)34(42)10-9-30-36-29(41(5)17-18-41)11-16-45(36,20-19-43(30,44)7)46-26-28(27-48)47-21-23-55(52,53)24-22-47/h28-36,46,48H,9-27H2,1-8H3,(H,49,50)/t28?,29-,30-,31+,32-,33+,34-,35+,36-,42+,43-,44-,45+/m1/s1. The fraction of sp³-hybridized carbons (Fsp3) is 0.956. The van der Waals surface area contributed by atoms with Crippen LogP contribution in [0.4, 0.5) is 0 Å². The molecule has 0 bridgehead atoms. The van der Waals surface area contributed by atoms with Crippen molar-refractivity contribution in [2.75, 3.05) is 37.7 Å². The molecule has 9 nitrogen and oxygen atoms in total. The summed E-state index contributed by atoms with van der Waals surface area (Å²) in [5.41, 5.74) is 0.384. The highest BCUT2D eigenvalue weighted by Gasteiger charge is 2.72. The van der Waals surface area contributed by atoms with E-state index in [1.54, 1.807) is 0 Å². The summed E-state index contributed by atoms with van der Waals surface area (Å²) in [5, 5.41) is 24.5. The zero-order chi connectivity index (χ0) is 39.8. The number of carbonyl (C=O) groups is 2. The van der Waals surface area contributed by atoms with Gasteiger partial charge < -0.3 is 20.3 Å². The Bertz CT molecular complexity index is 1640. The number of carboxylic acid groups (broad SMARTS) is 1. The third-order valence-corrected chi connectivity index (χ3v) is 21.8. The van der Waals surface area contributed by atoms with E-state index in [0.717, 1.165) is 31.7 Å². The van der Waals surface area contributed by atoms with E-state index in [2.05, 4.69) is 51.8 Å². The third kappa shape index (κ3) is 5.98. The second-order valence-electron chi connectivity index (χ2n) is 22.8. The quantitative estimate of drug-likeness (QED) is 0.212. The van der Waals surface area contributed by atoms with E-state index in [-0.39, 0.29) is 69.3 Å². The molecule has 8 rings (SSSR count). The van der Waals surface area contributed by atoms with Gasteiger partial charge in [-0.1, -0.05) is 55.4 Å². The van der Waals surface area contributed by atoms with Crippen LogP contribution in [0.15, 0.2) is 0 Å². The van der Waals surface area contributed by atoms with Gasteiger partial charge in [0.25, 0.3) is 0 Å². The van der Waals surface area contributed by atoms with Crippen LogP contribution < -0.4 is 5.32 Å². The molecule has 10 heteroatoms. The van der Waals surface area contributed by atoms with Crippen molar-refractivity contribution in [3.8, 4) is 0 Å². The molecule has 3 N–H and O–H groups in total. The van der Waals surface area contributed by atoms with Crippen LogP contribution in [0.1, 0.15) is 139 Å². The summed E-state index contributed by atoms with van der Waals surface area (Å²) < 4.78 is 30.9. The number of nitrogens with one attached hydrogen (secondary N) is 1. The minimum atomic E-state index is -2.98. The van der Waals surface area contributed by atoms with Gasteiger partial charge in [-0.15, -0.1) is 0 Å². The predicted molar refractivity (Wildman–Crippen MR) is 214 cm³/mol. The molecule has 0 aromatic carbocycles. The lowest BCUT2D eigenvalue weighted by Gasteiger charge is -2.73. The van der Waals surface area contributed by atoms with Gasteiger partial charge in [-0.25, -0.2) is 8.42 Å². The number of aliphatic hydroxyl groups excluding tert-OH is 1. The average molecular weight is 787 g/mol. The number of aliphatic carboxylic acids is 1. The van der Waals surface area contributed by atoms with E-state index in [9.17, 15) is 28.2 Å². The number of carbonyl (C=O) groups excluding carboxylic acids is 1. The molecule has 55 heavy (non-hydrogen) atoms. The van der Waals surface area contributed by atoms with Crippen LogP contribution in [0.2, 0.25) is 0 Å². The highest BCUT2D eigenvalue weighted by molar-refractivity contribution is 7.91. The number of aliphatic hydroxyl groups is 1.